The Morgan fingerprint density at radius 1 is 1.06 bits per heavy atom. The molecule has 1 aliphatic rings. The zero-order valence-corrected chi connectivity index (χ0v) is 21.4. The molecule has 0 unspecified atom stereocenters. The molecule has 0 aliphatic heterocycles. The summed E-state index contributed by atoms with van der Waals surface area (Å²) >= 11 is 20.5. The van der Waals surface area contributed by atoms with Gasteiger partial charge in [-0.2, -0.15) is 5.10 Å². The number of rotatable bonds is 5. The zero-order chi connectivity index (χ0) is 25.6. The largest absolute Gasteiger partial charge is 0.478 e. The maximum Gasteiger partial charge on any atom is 0.356 e. The van der Waals surface area contributed by atoms with Gasteiger partial charge in [0.1, 0.15) is 0 Å². The van der Waals surface area contributed by atoms with E-state index in [1.807, 2.05) is 18.3 Å². The molecule has 35 heavy (non-hydrogen) atoms. The molecule has 188 valence electrons. The molecule has 0 saturated heterocycles. The fourth-order valence-electron chi connectivity index (χ4n) is 3.77. The van der Waals surface area contributed by atoms with E-state index in [1.165, 1.54) is 0 Å². The van der Waals surface area contributed by atoms with Crippen LogP contribution in [0.25, 0.3) is 10.9 Å². The van der Waals surface area contributed by atoms with Crippen LogP contribution in [-0.2, 0) is 9.59 Å². The van der Waals surface area contributed by atoms with Crippen LogP contribution in [0.2, 0.25) is 5.02 Å². The lowest BCUT2D eigenvalue weighted by Gasteiger charge is -2.31. The molecule has 1 saturated carbocycles. The molecule has 5 N–H and O–H groups in total. The van der Waals surface area contributed by atoms with Crippen molar-refractivity contribution in [2.75, 3.05) is 5.32 Å². The Balaban J connectivity index is 0.000000429. The lowest BCUT2D eigenvalue weighted by molar-refractivity contribution is -0.136. The third kappa shape index (κ3) is 7.88. The zero-order valence-electron chi connectivity index (χ0n) is 18.3. The highest BCUT2D eigenvalue weighted by molar-refractivity contribution is 6.75. The van der Waals surface area contributed by atoms with E-state index in [9.17, 15) is 14.7 Å². The first-order valence-electron chi connectivity index (χ1n) is 10.8. The molecular formula is C23H24Cl4N4O4. The summed E-state index contributed by atoms with van der Waals surface area (Å²) in [5.41, 5.74) is 2.54. The number of hydrogen-bond acceptors (Lipinski definition) is 5. The van der Waals surface area contributed by atoms with Crippen molar-refractivity contribution in [2.45, 2.75) is 47.7 Å². The summed E-state index contributed by atoms with van der Waals surface area (Å²) in [5, 5.41) is 33.2. The number of nitrogens with zero attached hydrogens (tertiary/aromatic N) is 1. The van der Waals surface area contributed by atoms with Gasteiger partial charge >= 0.3 is 5.97 Å². The molecule has 1 aromatic heterocycles. The highest BCUT2D eigenvalue weighted by Gasteiger charge is 2.29. The first kappa shape index (κ1) is 27.4. The fourth-order valence-corrected chi connectivity index (χ4v) is 4.01. The molecule has 1 atom stereocenters. The number of aromatic nitrogens is 2. The SMILES string of the molecule is O=C(NC1CCC(Nc2ccc3[nH]ncc3c2)CC1)[C@@H](O)c1ccccc1Cl.O=C(O)C(Cl)(Cl)Cl. The molecule has 2 aromatic carbocycles. The second kappa shape index (κ2) is 12.1. The number of anilines is 1. The average molecular weight is 562 g/mol. The predicted octanol–water partition coefficient (Wildman–Crippen LogP) is 5.23. The highest BCUT2D eigenvalue weighted by Crippen LogP contribution is 2.27. The molecule has 0 bridgehead atoms. The number of H-pyrrole nitrogens is 1. The number of hydrogen-bond donors (Lipinski definition) is 5. The van der Waals surface area contributed by atoms with Gasteiger partial charge in [-0.1, -0.05) is 64.6 Å². The lowest BCUT2D eigenvalue weighted by atomic mass is 9.90. The molecule has 1 amide bonds. The Morgan fingerprint density at radius 3 is 2.31 bits per heavy atom. The van der Waals surface area contributed by atoms with Crippen molar-refractivity contribution in [3.05, 3.63) is 59.2 Å². The van der Waals surface area contributed by atoms with Gasteiger partial charge in [0.25, 0.3) is 9.70 Å². The molecule has 0 radical (unpaired) electrons. The minimum atomic E-state index is -2.17. The van der Waals surface area contributed by atoms with Crippen LogP contribution < -0.4 is 10.6 Å². The molecule has 3 aromatic rings. The van der Waals surface area contributed by atoms with Crippen LogP contribution >= 0.6 is 46.4 Å². The van der Waals surface area contributed by atoms with E-state index in [0.29, 0.717) is 16.6 Å². The Morgan fingerprint density at radius 2 is 1.69 bits per heavy atom. The van der Waals surface area contributed by atoms with Crippen LogP contribution in [0.3, 0.4) is 0 Å². The molecule has 1 heterocycles. The second-order valence-corrected chi connectivity index (χ2v) is 10.8. The summed E-state index contributed by atoms with van der Waals surface area (Å²) in [7, 11) is 0. The number of amides is 1. The molecule has 0 spiro atoms. The van der Waals surface area contributed by atoms with Gasteiger partial charge in [-0.25, -0.2) is 4.79 Å². The topological polar surface area (TPSA) is 127 Å². The van der Waals surface area contributed by atoms with Crippen LogP contribution in [0.4, 0.5) is 5.69 Å². The number of aliphatic carboxylic acids is 1. The Labute approximate surface area is 221 Å². The number of nitrogens with one attached hydrogen (secondary N) is 3. The first-order valence-corrected chi connectivity index (χ1v) is 12.3. The van der Waals surface area contributed by atoms with Gasteiger partial charge in [-0.05, 0) is 49.9 Å². The summed E-state index contributed by atoms with van der Waals surface area (Å²) in [5.74, 6) is -1.85. The quantitative estimate of drug-likeness (QED) is 0.271. The average Bonchev–Trinajstić information content (AvgIpc) is 3.28. The number of aromatic amines is 1. The lowest BCUT2D eigenvalue weighted by Crippen LogP contribution is -2.42. The van der Waals surface area contributed by atoms with Crippen molar-refractivity contribution < 1.29 is 19.8 Å². The van der Waals surface area contributed by atoms with Crippen molar-refractivity contribution >= 4 is 74.9 Å². The summed E-state index contributed by atoms with van der Waals surface area (Å²) in [6.07, 6.45) is 4.22. The van der Waals surface area contributed by atoms with Crippen molar-refractivity contribution in [2.24, 2.45) is 0 Å². The van der Waals surface area contributed by atoms with Gasteiger partial charge in [-0.3, -0.25) is 9.89 Å². The van der Waals surface area contributed by atoms with E-state index in [1.54, 1.807) is 24.3 Å². The molecule has 1 aliphatic carbocycles. The predicted molar refractivity (Wildman–Crippen MR) is 138 cm³/mol. The Bertz CT molecular complexity index is 1160. The van der Waals surface area contributed by atoms with Crippen molar-refractivity contribution in [3.63, 3.8) is 0 Å². The van der Waals surface area contributed by atoms with Gasteiger partial charge in [0.05, 0.1) is 11.7 Å². The van der Waals surface area contributed by atoms with Crippen LogP contribution in [-0.4, -0.2) is 48.2 Å². The van der Waals surface area contributed by atoms with E-state index in [0.717, 1.165) is 42.3 Å². The minimum Gasteiger partial charge on any atom is -0.478 e. The second-order valence-electron chi connectivity index (χ2n) is 8.10. The number of benzene rings is 2. The summed E-state index contributed by atoms with van der Waals surface area (Å²) in [4.78, 5) is 22.0. The van der Waals surface area contributed by atoms with Crippen LogP contribution in [0, 0.1) is 0 Å². The standard InChI is InChI=1S/C21H23ClN4O2.C2HCl3O2/c22-18-4-2-1-3-17(18)20(27)21(28)25-15-7-5-14(6-8-15)24-16-9-10-19-13(11-16)12-23-26-19;3-2(4,5)1(6)7/h1-4,9-12,14-15,20,24,27H,5-8H2,(H,23,26)(H,25,28);(H,6,7)/t14?,15?,20-;/m0./s1. The molecule has 4 rings (SSSR count). The number of carboxylic acids is 1. The number of carbonyl (C=O) groups is 2. The number of carboxylic acid groups (broad SMARTS) is 1. The third-order valence-electron chi connectivity index (χ3n) is 5.58. The number of fused-ring (bicyclic) bond motifs is 1. The maximum absolute atomic E-state index is 12.4. The number of aliphatic hydroxyl groups is 1. The normalized spacial score (nSPS) is 18.8. The number of aliphatic hydroxyl groups excluding tert-OH is 1. The number of alkyl halides is 3. The van der Waals surface area contributed by atoms with E-state index in [-0.39, 0.29) is 6.04 Å². The number of carbonyl (C=O) groups excluding carboxylic acids is 1. The smallest absolute Gasteiger partial charge is 0.356 e. The molecule has 8 nitrogen and oxygen atoms in total. The van der Waals surface area contributed by atoms with E-state index < -0.39 is 21.8 Å². The van der Waals surface area contributed by atoms with Gasteiger partial charge < -0.3 is 20.8 Å². The monoisotopic (exact) mass is 560 g/mol. The van der Waals surface area contributed by atoms with Crippen molar-refractivity contribution in [3.8, 4) is 0 Å². The summed E-state index contributed by atoms with van der Waals surface area (Å²) in [6.45, 7) is 0. The van der Waals surface area contributed by atoms with Crippen LogP contribution in [0.15, 0.2) is 48.7 Å². The number of halogens is 4. The van der Waals surface area contributed by atoms with Crippen LogP contribution in [0.5, 0.6) is 0 Å². The van der Waals surface area contributed by atoms with Gasteiger partial charge in [0.2, 0.25) is 0 Å². The van der Waals surface area contributed by atoms with E-state index in [2.05, 4.69) is 26.9 Å². The first-order chi connectivity index (χ1) is 16.5. The van der Waals surface area contributed by atoms with Crippen molar-refractivity contribution in [1.82, 2.24) is 15.5 Å². The Kier molecular flexibility index (Phi) is 9.49. The maximum atomic E-state index is 12.4. The van der Waals surface area contributed by atoms with E-state index in [4.69, 9.17) is 51.5 Å². The minimum absolute atomic E-state index is 0.0686. The summed E-state index contributed by atoms with van der Waals surface area (Å²) < 4.78 is -2.17. The fraction of sp³-hybridized carbons (Fsp3) is 0.348. The van der Waals surface area contributed by atoms with E-state index >= 15 is 0 Å². The third-order valence-corrected chi connectivity index (χ3v) is 6.40. The van der Waals surface area contributed by atoms with Gasteiger partial charge in [-0.15, -0.1) is 0 Å². The summed E-state index contributed by atoms with van der Waals surface area (Å²) in [6, 6.07) is 13.5. The molecular weight excluding hydrogens is 538 g/mol. The Hall–Kier alpha value is -2.23. The highest BCUT2D eigenvalue weighted by atomic mass is 35.6. The van der Waals surface area contributed by atoms with Crippen molar-refractivity contribution in [1.29, 1.82) is 0 Å². The van der Waals surface area contributed by atoms with Gasteiger partial charge in [0, 0.05) is 33.7 Å². The molecule has 1 fully saturated rings. The molecule has 12 heteroatoms. The van der Waals surface area contributed by atoms with Crippen LogP contribution in [0.1, 0.15) is 37.4 Å². The van der Waals surface area contributed by atoms with Gasteiger partial charge in [0.15, 0.2) is 6.10 Å².